The normalized spacial score (nSPS) is 11.5. The summed E-state index contributed by atoms with van der Waals surface area (Å²) in [5, 5.41) is 0. The van der Waals surface area contributed by atoms with Gasteiger partial charge in [-0.3, -0.25) is 4.79 Å². The van der Waals surface area contributed by atoms with Gasteiger partial charge in [-0.05, 0) is 60.2 Å². The third-order valence-corrected chi connectivity index (χ3v) is 6.83. The van der Waals surface area contributed by atoms with Gasteiger partial charge in [0, 0.05) is 6.20 Å². The number of allylic oxidation sites excluding steroid dienone is 1. The Kier molecular flexibility index (Phi) is 8.13. The van der Waals surface area contributed by atoms with Gasteiger partial charge in [0.1, 0.15) is 11.3 Å². The summed E-state index contributed by atoms with van der Waals surface area (Å²) in [5.74, 6) is 0.850. The minimum atomic E-state index is -0.551. The average Bonchev–Trinajstić information content (AvgIpc) is 3.46. The van der Waals surface area contributed by atoms with Gasteiger partial charge in [-0.1, -0.05) is 109 Å². The molecule has 5 rings (SSSR count). The van der Waals surface area contributed by atoms with Gasteiger partial charge in [-0.2, -0.15) is 0 Å². The SMILES string of the molecule is CC(=O)/C=C/c1ccc(OCCCc2cn(C(c3ccccc3)(c3ccccc3)c3ccccc3)cn2)cc1. The van der Waals surface area contributed by atoms with E-state index in [0.717, 1.165) is 29.8 Å². The summed E-state index contributed by atoms with van der Waals surface area (Å²) >= 11 is 0. The Balaban J connectivity index is 1.36. The van der Waals surface area contributed by atoms with Crippen molar-refractivity contribution in [1.82, 2.24) is 9.55 Å². The Labute approximate surface area is 230 Å². The largest absolute Gasteiger partial charge is 0.494 e. The van der Waals surface area contributed by atoms with Crippen LogP contribution in [0.2, 0.25) is 0 Å². The van der Waals surface area contributed by atoms with Crippen molar-refractivity contribution in [3.05, 3.63) is 162 Å². The molecule has 0 saturated heterocycles. The molecule has 0 radical (unpaired) electrons. The number of ether oxygens (including phenoxy) is 1. The van der Waals surface area contributed by atoms with Crippen LogP contribution in [-0.2, 0) is 16.8 Å². The first-order valence-electron chi connectivity index (χ1n) is 13.3. The fourth-order valence-electron chi connectivity index (χ4n) is 4.99. The van der Waals surface area contributed by atoms with Gasteiger partial charge in [-0.25, -0.2) is 4.98 Å². The molecule has 0 unspecified atom stereocenters. The van der Waals surface area contributed by atoms with E-state index in [0.29, 0.717) is 6.61 Å². The quantitative estimate of drug-likeness (QED) is 0.106. The molecule has 1 aromatic heterocycles. The second-order valence-electron chi connectivity index (χ2n) is 9.55. The summed E-state index contributed by atoms with van der Waals surface area (Å²) < 4.78 is 8.21. The van der Waals surface area contributed by atoms with Crippen molar-refractivity contribution in [2.45, 2.75) is 25.3 Å². The van der Waals surface area contributed by atoms with Crippen molar-refractivity contribution in [2.75, 3.05) is 6.61 Å². The Morgan fingerprint density at radius 3 is 1.85 bits per heavy atom. The van der Waals surface area contributed by atoms with Crippen LogP contribution in [0.15, 0.2) is 134 Å². The van der Waals surface area contributed by atoms with E-state index in [9.17, 15) is 4.79 Å². The molecule has 194 valence electrons. The van der Waals surface area contributed by atoms with Gasteiger partial charge < -0.3 is 9.30 Å². The molecule has 1 heterocycles. The van der Waals surface area contributed by atoms with Crippen LogP contribution < -0.4 is 4.74 Å². The lowest BCUT2D eigenvalue weighted by molar-refractivity contribution is -0.112. The number of hydrogen-bond acceptors (Lipinski definition) is 3. The maximum atomic E-state index is 11.1. The number of carbonyl (C=O) groups is 1. The molecule has 0 saturated carbocycles. The van der Waals surface area contributed by atoms with Crippen molar-refractivity contribution in [3.63, 3.8) is 0 Å². The van der Waals surface area contributed by atoms with E-state index in [1.165, 1.54) is 16.7 Å². The smallest absolute Gasteiger partial charge is 0.152 e. The van der Waals surface area contributed by atoms with Crippen molar-refractivity contribution < 1.29 is 9.53 Å². The van der Waals surface area contributed by atoms with Gasteiger partial charge in [0.2, 0.25) is 0 Å². The zero-order chi connectivity index (χ0) is 26.9. The minimum absolute atomic E-state index is 0.0336. The van der Waals surface area contributed by atoms with Crippen LogP contribution in [0.3, 0.4) is 0 Å². The fourth-order valence-corrected chi connectivity index (χ4v) is 4.99. The molecular weight excluding hydrogens is 480 g/mol. The summed E-state index contributed by atoms with van der Waals surface area (Å²) in [6.45, 7) is 2.14. The first kappa shape index (κ1) is 25.9. The molecule has 5 aromatic rings. The van der Waals surface area contributed by atoms with Crippen molar-refractivity contribution in [1.29, 1.82) is 0 Å². The minimum Gasteiger partial charge on any atom is -0.494 e. The lowest BCUT2D eigenvalue weighted by atomic mass is 9.77. The predicted molar refractivity (Wildman–Crippen MR) is 157 cm³/mol. The van der Waals surface area contributed by atoms with E-state index in [4.69, 9.17) is 9.72 Å². The van der Waals surface area contributed by atoms with E-state index in [1.54, 1.807) is 13.0 Å². The number of hydrogen-bond donors (Lipinski definition) is 0. The van der Waals surface area contributed by atoms with Gasteiger partial charge in [0.15, 0.2) is 5.78 Å². The van der Waals surface area contributed by atoms with Gasteiger partial charge >= 0.3 is 0 Å². The summed E-state index contributed by atoms with van der Waals surface area (Å²) in [4.78, 5) is 16.0. The zero-order valence-electron chi connectivity index (χ0n) is 22.1. The number of ketones is 1. The molecule has 0 aliphatic heterocycles. The van der Waals surface area contributed by atoms with E-state index in [1.807, 2.05) is 36.7 Å². The van der Waals surface area contributed by atoms with E-state index in [-0.39, 0.29) is 5.78 Å². The Hall–Kier alpha value is -4.70. The molecule has 0 amide bonds. The highest BCUT2D eigenvalue weighted by atomic mass is 16.5. The highest BCUT2D eigenvalue weighted by Crippen LogP contribution is 2.40. The Bertz CT molecular complexity index is 1410. The highest BCUT2D eigenvalue weighted by Gasteiger charge is 2.38. The van der Waals surface area contributed by atoms with Crippen LogP contribution in [0.4, 0.5) is 0 Å². The number of rotatable bonds is 11. The van der Waals surface area contributed by atoms with E-state index < -0.39 is 5.54 Å². The number of imidazole rings is 1. The summed E-state index contributed by atoms with van der Waals surface area (Å²) in [6, 6.07) is 39.6. The molecular formula is C35H32N2O2. The van der Waals surface area contributed by atoms with Crippen LogP contribution in [0.5, 0.6) is 5.75 Å². The lowest BCUT2D eigenvalue weighted by Crippen LogP contribution is -2.36. The predicted octanol–water partition coefficient (Wildman–Crippen LogP) is 7.34. The van der Waals surface area contributed by atoms with Crippen LogP contribution in [0, 0.1) is 0 Å². The number of aromatic nitrogens is 2. The molecule has 0 N–H and O–H groups in total. The molecule has 0 bridgehead atoms. The second kappa shape index (κ2) is 12.2. The van der Waals surface area contributed by atoms with Crippen molar-refractivity contribution in [3.8, 4) is 5.75 Å². The molecule has 0 fully saturated rings. The van der Waals surface area contributed by atoms with Gasteiger partial charge in [0.25, 0.3) is 0 Å². The fraction of sp³-hybridized carbons (Fsp3) is 0.143. The zero-order valence-corrected chi connectivity index (χ0v) is 22.1. The third kappa shape index (κ3) is 5.91. The molecule has 4 aromatic carbocycles. The lowest BCUT2D eigenvalue weighted by Gasteiger charge is -2.37. The second-order valence-corrected chi connectivity index (χ2v) is 9.55. The summed E-state index contributed by atoms with van der Waals surface area (Å²) in [6.07, 6.45) is 9.15. The summed E-state index contributed by atoms with van der Waals surface area (Å²) in [5.41, 5.74) is 4.98. The summed E-state index contributed by atoms with van der Waals surface area (Å²) in [7, 11) is 0. The molecule has 0 atom stereocenters. The van der Waals surface area contributed by atoms with Gasteiger partial charge in [0.05, 0.1) is 18.6 Å². The molecule has 0 spiro atoms. The molecule has 39 heavy (non-hydrogen) atoms. The van der Waals surface area contributed by atoms with E-state index >= 15 is 0 Å². The van der Waals surface area contributed by atoms with Crippen LogP contribution >= 0.6 is 0 Å². The number of carbonyl (C=O) groups excluding carboxylic acids is 1. The standard InChI is InChI=1S/C35H32N2O2/c1-28(38)19-20-29-21-23-34(24-22-29)39-25-11-18-33-26-37(27-36-33)35(30-12-5-2-6-13-30,31-14-7-3-8-15-31)32-16-9-4-10-17-32/h2-10,12-17,19-24,26-27H,11,18,25H2,1H3/b20-19+. The first-order chi connectivity index (χ1) is 19.2. The van der Waals surface area contributed by atoms with Crippen molar-refractivity contribution >= 4 is 11.9 Å². The number of aryl methyl sites for hydroxylation is 1. The Morgan fingerprint density at radius 1 is 0.795 bits per heavy atom. The molecule has 0 aliphatic carbocycles. The van der Waals surface area contributed by atoms with Crippen molar-refractivity contribution in [2.24, 2.45) is 0 Å². The van der Waals surface area contributed by atoms with Crippen LogP contribution in [0.25, 0.3) is 6.08 Å². The Morgan fingerprint density at radius 2 is 1.33 bits per heavy atom. The number of nitrogens with zero attached hydrogens (tertiary/aromatic N) is 2. The number of benzene rings is 4. The van der Waals surface area contributed by atoms with Gasteiger partial charge in [-0.15, -0.1) is 0 Å². The molecule has 4 nitrogen and oxygen atoms in total. The first-order valence-corrected chi connectivity index (χ1v) is 13.3. The van der Waals surface area contributed by atoms with Crippen LogP contribution in [-0.4, -0.2) is 21.9 Å². The molecule has 0 aliphatic rings. The maximum Gasteiger partial charge on any atom is 0.152 e. The maximum absolute atomic E-state index is 11.1. The van der Waals surface area contributed by atoms with Crippen LogP contribution in [0.1, 0.15) is 41.3 Å². The highest BCUT2D eigenvalue weighted by molar-refractivity contribution is 5.91. The molecule has 4 heteroatoms. The monoisotopic (exact) mass is 512 g/mol. The average molecular weight is 513 g/mol. The topological polar surface area (TPSA) is 44.1 Å². The van der Waals surface area contributed by atoms with E-state index in [2.05, 4.69) is 102 Å². The third-order valence-electron chi connectivity index (χ3n) is 6.83.